The molecule has 2 N–H and O–H groups in total. The third kappa shape index (κ3) is 1.95. The van der Waals surface area contributed by atoms with Gasteiger partial charge >= 0.3 is 11.2 Å². The summed E-state index contributed by atoms with van der Waals surface area (Å²) in [5.74, 6) is -0.869. The summed E-state index contributed by atoms with van der Waals surface area (Å²) in [5, 5.41) is 19.8. The Morgan fingerprint density at radius 2 is 2.00 bits per heavy atom. The van der Waals surface area contributed by atoms with E-state index in [4.69, 9.17) is 0 Å². The first-order valence-corrected chi connectivity index (χ1v) is 4.47. The van der Waals surface area contributed by atoms with Crippen LogP contribution in [0.15, 0.2) is 29.3 Å². The van der Waals surface area contributed by atoms with Crippen LogP contribution in [0.1, 0.15) is 0 Å². The number of aromatic amines is 1. The number of nitro groups is 1. The van der Waals surface area contributed by atoms with Crippen molar-refractivity contribution in [2.75, 3.05) is 0 Å². The maximum absolute atomic E-state index is 11.4. The molecule has 2 rings (SSSR count). The van der Waals surface area contributed by atoms with Crippen molar-refractivity contribution < 1.29 is 10.0 Å². The van der Waals surface area contributed by atoms with Gasteiger partial charge < -0.3 is 10.1 Å². The Balaban J connectivity index is 2.62. The second-order valence-electron chi connectivity index (χ2n) is 3.08. The van der Waals surface area contributed by atoms with Crippen molar-refractivity contribution in [3.8, 4) is 17.3 Å². The zero-order valence-corrected chi connectivity index (χ0v) is 8.32. The second kappa shape index (κ2) is 4.00. The summed E-state index contributed by atoms with van der Waals surface area (Å²) in [6, 6.07) is 3.09. The van der Waals surface area contributed by atoms with Gasteiger partial charge in [-0.05, 0) is 12.1 Å². The highest BCUT2D eigenvalue weighted by atomic mass is 16.6. The molecule has 0 spiro atoms. The highest BCUT2D eigenvalue weighted by Gasteiger charge is 2.22. The van der Waals surface area contributed by atoms with Crippen LogP contribution in [0.25, 0.3) is 11.4 Å². The predicted octanol–water partition coefficient (Wildman–Crippen LogP) is 0.446. The molecule has 17 heavy (non-hydrogen) atoms. The molecule has 0 saturated carbocycles. The van der Waals surface area contributed by atoms with Crippen molar-refractivity contribution in [3.05, 3.63) is 45.0 Å². The van der Waals surface area contributed by atoms with Gasteiger partial charge in [0.25, 0.3) is 5.88 Å². The summed E-state index contributed by atoms with van der Waals surface area (Å²) in [6.07, 6.45) is 2.93. The molecule has 0 amide bonds. The molecule has 0 aliphatic rings. The van der Waals surface area contributed by atoms with Crippen LogP contribution in [0.2, 0.25) is 0 Å². The van der Waals surface area contributed by atoms with E-state index in [1.54, 1.807) is 12.1 Å². The van der Waals surface area contributed by atoms with E-state index in [2.05, 4.69) is 15.0 Å². The van der Waals surface area contributed by atoms with Gasteiger partial charge in [0, 0.05) is 18.0 Å². The van der Waals surface area contributed by atoms with Crippen molar-refractivity contribution in [1.82, 2.24) is 15.0 Å². The standard InChI is InChI=1S/C9H6N4O4/c14-8-6(13(16)17)9(15)12-7(11-8)5-1-3-10-4-2-5/h1-4H,(H2,11,12,14,15). The lowest BCUT2D eigenvalue weighted by atomic mass is 10.2. The summed E-state index contributed by atoms with van der Waals surface area (Å²) >= 11 is 0. The third-order valence-electron chi connectivity index (χ3n) is 2.01. The predicted molar refractivity (Wildman–Crippen MR) is 56.4 cm³/mol. The lowest BCUT2D eigenvalue weighted by molar-refractivity contribution is -0.387. The molecule has 0 unspecified atom stereocenters. The van der Waals surface area contributed by atoms with Gasteiger partial charge in [-0.2, -0.15) is 4.98 Å². The average molecular weight is 234 g/mol. The monoisotopic (exact) mass is 234 g/mol. The average Bonchev–Trinajstić information content (AvgIpc) is 2.28. The van der Waals surface area contributed by atoms with Crippen molar-refractivity contribution >= 4 is 5.69 Å². The number of hydrogen-bond acceptors (Lipinski definition) is 6. The largest absolute Gasteiger partial charge is 0.488 e. The Morgan fingerprint density at radius 3 is 2.53 bits per heavy atom. The minimum atomic E-state index is -1.01. The van der Waals surface area contributed by atoms with Gasteiger partial charge in [-0.3, -0.25) is 19.9 Å². The van der Waals surface area contributed by atoms with Crippen molar-refractivity contribution in [3.63, 3.8) is 0 Å². The summed E-state index contributed by atoms with van der Waals surface area (Å²) in [5.41, 5.74) is -1.49. The Kier molecular flexibility index (Phi) is 2.53. The number of nitrogens with one attached hydrogen (secondary N) is 1. The maximum atomic E-state index is 11.4. The Labute approximate surface area is 93.8 Å². The van der Waals surface area contributed by atoms with E-state index in [1.165, 1.54) is 12.4 Å². The van der Waals surface area contributed by atoms with E-state index in [0.29, 0.717) is 5.56 Å². The Bertz CT molecular complexity index is 623. The molecule has 0 aromatic carbocycles. The van der Waals surface area contributed by atoms with E-state index >= 15 is 0 Å². The fourth-order valence-electron chi connectivity index (χ4n) is 1.27. The number of pyridine rings is 1. The zero-order chi connectivity index (χ0) is 12.4. The normalized spacial score (nSPS) is 10.1. The number of nitrogens with zero attached hydrogens (tertiary/aromatic N) is 3. The molecule has 0 atom stereocenters. The maximum Gasteiger partial charge on any atom is 0.395 e. The summed E-state index contributed by atoms with van der Waals surface area (Å²) in [6.45, 7) is 0. The van der Waals surface area contributed by atoms with Gasteiger partial charge in [0.1, 0.15) is 5.82 Å². The first-order chi connectivity index (χ1) is 8.09. The molecule has 86 valence electrons. The minimum absolute atomic E-state index is 0.0421. The first-order valence-electron chi connectivity index (χ1n) is 4.47. The van der Waals surface area contributed by atoms with Crippen LogP contribution in [0.5, 0.6) is 5.88 Å². The fraction of sp³-hybridized carbons (Fsp3) is 0. The number of hydrogen-bond donors (Lipinski definition) is 2. The molecule has 0 aliphatic carbocycles. The van der Waals surface area contributed by atoms with E-state index in [9.17, 15) is 20.0 Å². The molecule has 0 radical (unpaired) electrons. The van der Waals surface area contributed by atoms with E-state index in [1.807, 2.05) is 0 Å². The molecule has 0 bridgehead atoms. The molecular weight excluding hydrogens is 228 g/mol. The molecule has 2 aromatic heterocycles. The summed E-state index contributed by atoms with van der Waals surface area (Å²) in [7, 11) is 0. The van der Waals surface area contributed by atoms with E-state index < -0.39 is 22.0 Å². The van der Waals surface area contributed by atoms with Gasteiger partial charge in [0.15, 0.2) is 0 Å². The number of aromatic nitrogens is 3. The van der Waals surface area contributed by atoms with Crippen LogP contribution in [0, 0.1) is 10.1 Å². The molecule has 0 saturated heterocycles. The summed E-state index contributed by atoms with van der Waals surface area (Å²) in [4.78, 5) is 30.4. The topological polar surface area (TPSA) is 122 Å². The Hall–Kier alpha value is -2.77. The lowest BCUT2D eigenvalue weighted by Gasteiger charge is -2.00. The van der Waals surface area contributed by atoms with E-state index in [0.717, 1.165) is 0 Å². The first kappa shape index (κ1) is 10.7. The van der Waals surface area contributed by atoms with Crippen LogP contribution in [-0.4, -0.2) is 25.0 Å². The van der Waals surface area contributed by atoms with Crippen LogP contribution < -0.4 is 5.56 Å². The lowest BCUT2D eigenvalue weighted by Crippen LogP contribution is -2.13. The number of aromatic hydroxyl groups is 1. The van der Waals surface area contributed by atoms with Crippen LogP contribution >= 0.6 is 0 Å². The third-order valence-corrected chi connectivity index (χ3v) is 2.01. The molecule has 0 fully saturated rings. The molecular formula is C9H6N4O4. The molecule has 8 nitrogen and oxygen atoms in total. The smallest absolute Gasteiger partial charge is 0.395 e. The van der Waals surface area contributed by atoms with E-state index in [-0.39, 0.29) is 5.82 Å². The van der Waals surface area contributed by atoms with Gasteiger partial charge in [0.05, 0.1) is 4.92 Å². The minimum Gasteiger partial charge on any atom is -0.488 e. The second-order valence-corrected chi connectivity index (χ2v) is 3.08. The van der Waals surface area contributed by atoms with Crippen LogP contribution in [-0.2, 0) is 0 Å². The molecule has 0 aliphatic heterocycles. The van der Waals surface area contributed by atoms with Gasteiger partial charge in [0.2, 0.25) is 0 Å². The fourth-order valence-corrected chi connectivity index (χ4v) is 1.27. The van der Waals surface area contributed by atoms with Crippen molar-refractivity contribution in [2.45, 2.75) is 0 Å². The Morgan fingerprint density at radius 1 is 1.35 bits per heavy atom. The van der Waals surface area contributed by atoms with Crippen LogP contribution in [0.4, 0.5) is 5.69 Å². The zero-order valence-electron chi connectivity index (χ0n) is 8.32. The highest BCUT2D eigenvalue weighted by molar-refractivity contribution is 5.56. The SMILES string of the molecule is O=c1[nH]c(-c2ccncc2)nc(O)c1[N+](=O)[O-]. The van der Waals surface area contributed by atoms with Gasteiger partial charge in [-0.15, -0.1) is 0 Å². The number of H-pyrrole nitrogens is 1. The molecule has 8 heteroatoms. The summed E-state index contributed by atoms with van der Waals surface area (Å²) < 4.78 is 0. The van der Waals surface area contributed by atoms with Crippen molar-refractivity contribution in [1.29, 1.82) is 0 Å². The van der Waals surface area contributed by atoms with Crippen molar-refractivity contribution in [2.24, 2.45) is 0 Å². The van der Waals surface area contributed by atoms with Crippen LogP contribution in [0.3, 0.4) is 0 Å². The van der Waals surface area contributed by atoms with Gasteiger partial charge in [-0.25, -0.2) is 0 Å². The molecule has 2 aromatic rings. The number of rotatable bonds is 2. The molecule has 2 heterocycles. The quantitative estimate of drug-likeness (QED) is 0.574. The highest BCUT2D eigenvalue weighted by Crippen LogP contribution is 2.20. The van der Waals surface area contributed by atoms with Gasteiger partial charge in [-0.1, -0.05) is 0 Å².